The summed E-state index contributed by atoms with van der Waals surface area (Å²) in [6, 6.07) is 83.4. The van der Waals surface area contributed by atoms with Gasteiger partial charge in [0.1, 0.15) is 40.6 Å². The Balaban J connectivity index is 0.000000151. The van der Waals surface area contributed by atoms with Crippen LogP contribution in [0.3, 0.4) is 0 Å². The summed E-state index contributed by atoms with van der Waals surface area (Å²) < 4.78 is 24.0. The van der Waals surface area contributed by atoms with E-state index in [2.05, 4.69) is 95.6 Å². The number of amides is 6. The largest absolute Gasteiger partial charge is 0.497 e. The van der Waals surface area contributed by atoms with Crippen LogP contribution in [0.25, 0.3) is 22.2 Å². The van der Waals surface area contributed by atoms with E-state index < -0.39 is 0 Å². The Kier molecular flexibility index (Phi) is 33.0. The van der Waals surface area contributed by atoms with Gasteiger partial charge in [0.05, 0.1) is 86.5 Å². The maximum Gasteiger partial charge on any atom is 0.256 e. The number of halogens is 2. The highest BCUT2D eigenvalue weighted by Crippen LogP contribution is 2.31. The van der Waals surface area contributed by atoms with Crippen molar-refractivity contribution in [1.82, 2.24) is 39.9 Å². The van der Waals surface area contributed by atoms with Crippen LogP contribution in [-0.2, 0) is 25.7 Å². The summed E-state index contributed by atoms with van der Waals surface area (Å²) in [5.41, 5.74) is 43.1. The third-order valence-electron chi connectivity index (χ3n) is 22.1. The maximum atomic E-state index is 13.5. The van der Waals surface area contributed by atoms with E-state index in [0.717, 1.165) is 66.5 Å². The van der Waals surface area contributed by atoms with Crippen LogP contribution in [0.1, 0.15) is 141 Å². The zero-order valence-corrected chi connectivity index (χ0v) is 79.1. The van der Waals surface area contributed by atoms with Crippen molar-refractivity contribution in [3.05, 3.63) is 465 Å². The van der Waals surface area contributed by atoms with E-state index in [1.54, 1.807) is 141 Å². The lowest BCUT2D eigenvalue weighted by atomic mass is 10.1. The minimum atomic E-state index is -0.364. The maximum absolute atomic E-state index is 13.5. The molecule has 0 bridgehead atoms. The first-order valence-electron chi connectivity index (χ1n) is 44.6. The molecule has 0 saturated heterocycles. The Bertz CT molecular complexity index is 7290. The monoisotopic (exact) mass is 1910 g/mol. The molecule has 28 nitrogen and oxygen atoms in total. The highest BCUT2D eigenvalue weighted by molar-refractivity contribution is 6.30. The van der Waals surface area contributed by atoms with Crippen LogP contribution >= 0.6 is 11.6 Å². The molecule has 142 heavy (non-hydrogen) atoms. The molecule has 4 heterocycles. The van der Waals surface area contributed by atoms with Crippen LogP contribution < -0.4 is 74.9 Å². The molecule has 0 fully saturated rings. The fourth-order valence-corrected chi connectivity index (χ4v) is 14.9. The van der Waals surface area contributed by atoms with E-state index >= 15 is 0 Å². The number of carbonyl (C=O) groups is 6. The predicted octanol–water partition coefficient (Wildman–Crippen LogP) is 21.5. The van der Waals surface area contributed by atoms with Crippen molar-refractivity contribution in [3.8, 4) is 11.5 Å². The molecule has 0 atom stereocenters. The average molecular weight is 1910 g/mol. The standard InChI is InChI=1S/C30H25N5O2.C28H27N5O4.C27H24ClN5O.C27H24FN5O/c1-19-9-12-25(34-29(36)23-11-10-21-6-2-3-7-22(21)15-23)16-27(19)30(37)35-26-17-32-28(33-18-26)14-20-5-4-8-24(31)13-20;1-17-7-8-21(32-27(34)19-11-23(36-2)14-24(12-19)37-3)13-25(17)28(35)33-22-15-30-26(31-16-22)10-18-5-4-6-20(29)9-18;2*1-17-9-10-23(32-18(2)20-6-4-7-21(28)13-20)14-25(17)27(34)33-24-15-30-26(31-16-24)12-19-5-3-8-22(29)11-19/h2-13,15-18H,14,31H2,1H3,(H,34,36)(H,35,37);4-9,11-16H,10,29H2,1-3H3,(H,32,34)(H,33,35);2*3-11,13-16,32H,2,12,29H2,1H3,(H,33,34). The van der Waals surface area contributed by atoms with Gasteiger partial charge in [0.2, 0.25) is 0 Å². The summed E-state index contributed by atoms with van der Waals surface area (Å²) in [6.07, 6.45) is 14.8. The summed E-state index contributed by atoms with van der Waals surface area (Å²) in [5.74, 6) is 1.35. The van der Waals surface area contributed by atoms with E-state index in [1.807, 2.05) is 204 Å². The fourth-order valence-electron chi connectivity index (χ4n) is 14.7. The highest BCUT2D eigenvalue weighted by atomic mass is 35.5. The Morgan fingerprint density at radius 2 is 0.592 bits per heavy atom. The number of nitrogens with one attached hydrogen (secondary N) is 8. The quantitative estimate of drug-likeness (QED) is 0.0203. The van der Waals surface area contributed by atoms with Gasteiger partial charge in [-0.1, -0.05) is 152 Å². The Morgan fingerprint density at radius 1 is 0.289 bits per heavy atom. The molecule has 30 heteroatoms. The molecule has 0 aliphatic heterocycles. The Morgan fingerprint density at radius 3 is 0.915 bits per heavy atom. The first-order valence-corrected chi connectivity index (χ1v) is 45.0. The number of aryl methyl sites for hydroxylation is 4. The number of nitrogens with zero attached hydrogens (tertiary/aromatic N) is 8. The van der Waals surface area contributed by atoms with Gasteiger partial charge in [0, 0.05) is 133 Å². The van der Waals surface area contributed by atoms with E-state index in [-0.39, 0.29) is 41.3 Å². The van der Waals surface area contributed by atoms with Crippen LogP contribution in [0.15, 0.2) is 342 Å². The number of hydrogen-bond acceptors (Lipinski definition) is 22. The van der Waals surface area contributed by atoms with Crippen LogP contribution in [0.2, 0.25) is 5.02 Å². The lowest BCUT2D eigenvalue weighted by molar-refractivity contribution is 0.101. The average Bonchev–Trinajstić information content (AvgIpc) is 0.799. The molecule has 0 spiro atoms. The predicted molar refractivity (Wildman–Crippen MR) is 562 cm³/mol. The molecule has 17 aromatic rings. The number of methoxy groups -OCH3 is 2. The van der Waals surface area contributed by atoms with Gasteiger partial charge in [-0.05, 0) is 234 Å². The number of hydrogen-bond donors (Lipinski definition) is 12. The molecule has 0 unspecified atom stereocenters. The molecular formula is C112H100ClFN20O8. The summed E-state index contributed by atoms with van der Waals surface area (Å²) >= 11 is 6.08. The molecule has 0 saturated carbocycles. The van der Waals surface area contributed by atoms with Crippen molar-refractivity contribution in [3.63, 3.8) is 0 Å². The summed E-state index contributed by atoms with van der Waals surface area (Å²) in [5, 5.41) is 26.1. The van der Waals surface area contributed by atoms with Gasteiger partial charge in [0.25, 0.3) is 35.4 Å². The van der Waals surface area contributed by atoms with Gasteiger partial charge in [-0.15, -0.1) is 0 Å². The van der Waals surface area contributed by atoms with Gasteiger partial charge in [-0.3, -0.25) is 28.8 Å². The summed E-state index contributed by atoms with van der Waals surface area (Å²) in [7, 11) is 3.03. The third kappa shape index (κ3) is 28.3. The SMILES string of the molecule is C=C(Nc1ccc(C)c(C(=O)Nc2cnc(Cc3cccc(N)c3)nc2)c1)c1cccc(Cl)c1.C=C(Nc1ccc(C)c(C(=O)Nc2cnc(Cc3cccc(N)c3)nc2)c1)c1cccc(F)c1.COc1cc(OC)cc(C(=O)Nc2ccc(C)c(C(=O)Nc3cnc(Cc4cccc(N)c4)nc3)c2)c1.Cc1ccc(NC(=O)c2ccc3ccccc3c2)cc1C(=O)Nc1cnc(Cc2cccc(N)c2)nc1. The number of carbonyl (C=O) groups excluding carboxylic acids is 6. The number of benzene rings is 13. The van der Waals surface area contributed by atoms with Gasteiger partial charge < -0.3 is 74.9 Å². The van der Waals surface area contributed by atoms with Crippen LogP contribution in [-0.4, -0.2) is 89.5 Å². The van der Waals surface area contributed by atoms with E-state index in [4.69, 9.17) is 44.0 Å². The molecule has 4 aromatic heterocycles. The normalized spacial score (nSPS) is 10.6. The zero-order valence-electron chi connectivity index (χ0n) is 78.3. The summed E-state index contributed by atoms with van der Waals surface area (Å²) in [6.45, 7) is 15.4. The number of nitrogens with two attached hydrogens (primary N) is 4. The van der Waals surface area contributed by atoms with E-state index in [9.17, 15) is 33.2 Å². The first-order chi connectivity index (χ1) is 68.5. The van der Waals surface area contributed by atoms with Crippen molar-refractivity contribution < 1.29 is 42.6 Å². The van der Waals surface area contributed by atoms with Gasteiger partial charge in [-0.25, -0.2) is 44.3 Å². The Hall–Kier alpha value is -18.6. The number of aromatic nitrogens is 8. The molecule has 710 valence electrons. The van der Waals surface area contributed by atoms with Crippen LogP contribution in [0, 0.1) is 33.5 Å². The van der Waals surface area contributed by atoms with Crippen LogP contribution in [0.5, 0.6) is 11.5 Å². The van der Waals surface area contributed by atoms with Crippen molar-refractivity contribution in [2.75, 3.05) is 79.7 Å². The van der Waals surface area contributed by atoms with Crippen LogP contribution in [0.4, 0.5) is 72.6 Å². The van der Waals surface area contributed by atoms with Crippen molar-refractivity contribution in [2.24, 2.45) is 0 Å². The van der Waals surface area contributed by atoms with Gasteiger partial charge in [0.15, 0.2) is 0 Å². The molecule has 16 N–H and O–H groups in total. The lowest BCUT2D eigenvalue weighted by Crippen LogP contribution is -2.16. The Labute approximate surface area is 824 Å². The van der Waals surface area contributed by atoms with E-state index in [1.165, 1.54) is 26.4 Å². The molecule has 0 aliphatic carbocycles. The molecule has 6 amide bonds. The van der Waals surface area contributed by atoms with Crippen molar-refractivity contribution >= 4 is 137 Å². The molecule has 17 rings (SSSR count). The van der Waals surface area contributed by atoms with Crippen molar-refractivity contribution in [1.29, 1.82) is 0 Å². The van der Waals surface area contributed by atoms with Crippen molar-refractivity contribution in [2.45, 2.75) is 53.4 Å². The number of ether oxygens (including phenoxy) is 2. The molecular weight excluding hydrogens is 1810 g/mol. The first kappa shape index (κ1) is 99.3. The van der Waals surface area contributed by atoms with E-state index in [0.29, 0.717) is 178 Å². The topological polar surface area (TPSA) is 424 Å². The number of fused-ring (bicyclic) bond motifs is 1. The highest BCUT2D eigenvalue weighted by Gasteiger charge is 2.21. The van der Waals surface area contributed by atoms with Gasteiger partial charge >= 0.3 is 0 Å². The molecule has 0 aliphatic rings. The minimum Gasteiger partial charge on any atom is -0.497 e. The zero-order chi connectivity index (χ0) is 100. The number of rotatable bonds is 28. The summed E-state index contributed by atoms with van der Waals surface area (Å²) in [4.78, 5) is 112. The minimum absolute atomic E-state index is 0.245. The lowest BCUT2D eigenvalue weighted by Gasteiger charge is -2.13. The third-order valence-corrected chi connectivity index (χ3v) is 22.3. The smallest absolute Gasteiger partial charge is 0.256 e. The molecule has 0 radical (unpaired) electrons. The van der Waals surface area contributed by atoms with Gasteiger partial charge in [-0.2, -0.15) is 0 Å². The number of nitrogen functional groups attached to an aromatic ring is 4. The second-order valence-corrected chi connectivity index (χ2v) is 33.4. The second-order valence-electron chi connectivity index (χ2n) is 33.0. The molecule has 13 aromatic carbocycles. The second kappa shape index (κ2) is 47.2. The fraction of sp³-hybridized carbons (Fsp3) is 0.0893. The number of anilines is 12.